The third-order valence-corrected chi connectivity index (χ3v) is 7.68. The number of hydrogen-bond acceptors (Lipinski definition) is 5. The molecule has 3 N–H and O–H groups in total. The van der Waals surface area contributed by atoms with Gasteiger partial charge in [0.25, 0.3) is 5.91 Å². The summed E-state index contributed by atoms with van der Waals surface area (Å²) in [4.78, 5) is 12.6. The summed E-state index contributed by atoms with van der Waals surface area (Å²) in [6.45, 7) is 0. The van der Waals surface area contributed by atoms with Crippen LogP contribution in [0.3, 0.4) is 0 Å². The van der Waals surface area contributed by atoms with Gasteiger partial charge in [0, 0.05) is 23.3 Å². The summed E-state index contributed by atoms with van der Waals surface area (Å²) in [5.41, 5.74) is 0.598. The molecule has 0 saturated heterocycles. The highest BCUT2D eigenvalue weighted by atomic mass is 32.2. The molecule has 2 aliphatic carbocycles. The number of nitrogens with one attached hydrogen (secondary N) is 3. The highest BCUT2D eigenvalue weighted by molar-refractivity contribution is 7.89. The van der Waals surface area contributed by atoms with Gasteiger partial charge in [0.2, 0.25) is 20.0 Å². The van der Waals surface area contributed by atoms with E-state index in [0.717, 1.165) is 25.7 Å². The maximum atomic E-state index is 12.5. The number of benzene rings is 2. The Morgan fingerprint density at radius 2 is 1.31 bits per heavy atom. The predicted molar refractivity (Wildman–Crippen MR) is 108 cm³/mol. The largest absolute Gasteiger partial charge is 0.322 e. The van der Waals surface area contributed by atoms with Crippen molar-refractivity contribution in [1.29, 1.82) is 0 Å². The van der Waals surface area contributed by atoms with Gasteiger partial charge in [0.15, 0.2) is 0 Å². The molecule has 0 spiro atoms. The first kappa shape index (κ1) is 20.0. The van der Waals surface area contributed by atoms with Crippen molar-refractivity contribution < 1.29 is 21.6 Å². The molecule has 0 aliphatic heterocycles. The van der Waals surface area contributed by atoms with Crippen LogP contribution in [0.5, 0.6) is 0 Å². The number of anilines is 1. The Morgan fingerprint density at radius 3 is 1.86 bits per heavy atom. The van der Waals surface area contributed by atoms with Gasteiger partial charge in [-0.05, 0) is 68.1 Å². The Morgan fingerprint density at radius 1 is 0.759 bits per heavy atom. The third-order valence-electron chi connectivity index (χ3n) is 4.63. The van der Waals surface area contributed by atoms with Crippen LogP contribution in [0, 0.1) is 0 Å². The van der Waals surface area contributed by atoms with Crippen molar-refractivity contribution >= 4 is 31.6 Å². The smallest absolute Gasteiger partial charge is 0.255 e. The molecule has 4 rings (SSSR count). The van der Waals surface area contributed by atoms with E-state index in [1.807, 2.05) is 0 Å². The second-order valence-electron chi connectivity index (χ2n) is 7.30. The van der Waals surface area contributed by atoms with Crippen LogP contribution in [-0.2, 0) is 20.0 Å². The van der Waals surface area contributed by atoms with E-state index in [1.165, 1.54) is 36.4 Å². The Labute approximate surface area is 169 Å². The molecule has 29 heavy (non-hydrogen) atoms. The minimum Gasteiger partial charge on any atom is -0.322 e. The van der Waals surface area contributed by atoms with Crippen LogP contribution in [0.15, 0.2) is 58.3 Å². The highest BCUT2D eigenvalue weighted by Gasteiger charge is 2.29. The molecule has 2 aliphatic rings. The maximum Gasteiger partial charge on any atom is 0.255 e. The van der Waals surface area contributed by atoms with Crippen LogP contribution in [0.25, 0.3) is 0 Å². The number of hydrogen-bond donors (Lipinski definition) is 3. The molecule has 0 unspecified atom stereocenters. The van der Waals surface area contributed by atoms with Crippen molar-refractivity contribution in [2.45, 2.75) is 47.6 Å². The van der Waals surface area contributed by atoms with E-state index in [2.05, 4.69) is 14.8 Å². The van der Waals surface area contributed by atoms with Crippen molar-refractivity contribution in [3.8, 4) is 0 Å². The lowest BCUT2D eigenvalue weighted by Crippen LogP contribution is -2.26. The minimum absolute atomic E-state index is 0.000865. The quantitative estimate of drug-likeness (QED) is 0.584. The maximum absolute atomic E-state index is 12.5. The fraction of sp³-hybridized carbons (Fsp3) is 0.316. The van der Waals surface area contributed by atoms with E-state index in [-0.39, 0.29) is 27.4 Å². The fourth-order valence-electron chi connectivity index (χ4n) is 2.71. The Balaban J connectivity index is 1.46. The second-order valence-corrected chi connectivity index (χ2v) is 10.7. The SMILES string of the molecule is O=C(Nc1cccc(S(=O)(=O)NC2CC2)c1)c1ccc(S(=O)(=O)NC2CC2)cc1. The summed E-state index contributed by atoms with van der Waals surface area (Å²) in [5.74, 6) is -0.464. The van der Waals surface area contributed by atoms with Gasteiger partial charge < -0.3 is 5.32 Å². The van der Waals surface area contributed by atoms with Gasteiger partial charge in [-0.15, -0.1) is 0 Å². The zero-order chi connectivity index (χ0) is 20.6. The zero-order valence-corrected chi connectivity index (χ0v) is 17.1. The average Bonchev–Trinajstić information content (AvgIpc) is 3.60. The van der Waals surface area contributed by atoms with E-state index in [4.69, 9.17) is 0 Å². The lowest BCUT2D eigenvalue weighted by molar-refractivity contribution is 0.102. The Hall–Kier alpha value is -2.27. The highest BCUT2D eigenvalue weighted by Crippen LogP contribution is 2.24. The standard InChI is InChI=1S/C19H21N3O5S2/c23-19(13-4-10-17(11-5-13)28(24,25)21-14-6-7-14)20-16-2-1-3-18(12-16)29(26,27)22-15-8-9-15/h1-5,10-12,14-15,21-22H,6-9H2,(H,20,23). The van der Waals surface area contributed by atoms with Crippen molar-refractivity contribution in [3.63, 3.8) is 0 Å². The first-order valence-electron chi connectivity index (χ1n) is 9.29. The summed E-state index contributed by atoms with van der Waals surface area (Å²) < 4.78 is 54.2. The predicted octanol–water partition coefficient (Wildman–Crippen LogP) is 1.82. The average molecular weight is 436 g/mol. The van der Waals surface area contributed by atoms with Gasteiger partial charge in [-0.2, -0.15) is 0 Å². The summed E-state index contributed by atoms with van der Waals surface area (Å²) >= 11 is 0. The second kappa shape index (κ2) is 7.52. The molecule has 2 aromatic carbocycles. The summed E-state index contributed by atoms with van der Waals surface area (Å²) in [5, 5.41) is 2.64. The molecular formula is C19H21N3O5S2. The van der Waals surface area contributed by atoms with E-state index < -0.39 is 26.0 Å². The first-order chi connectivity index (χ1) is 13.7. The molecular weight excluding hydrogens is 414 g/mol. The summed E-state index contributed by atoms with van der Waals surface area (Å²) in [6.07, 6.45) is 3.34. The minimum atomic E-state index is -3.62. The molecule has 0 bridgehead atoms. The normalized spacial score (nSPS) is 17.1. The monoisotopic (exact) mass is 435 g/mol. The van der Waals surface area contributed by atoms with Gasteiger partial charge in [-0.25, -0.2) is 26.3 Å². The van der Waals surface area contributed by atoms with E-state index >= 15 is 0 Å². The molecule has 8 nitrogen and oxygen atoms in total. The summed E-state index contributed by atoms with van der Waals surface area (Å²) in [7, 11) is -7.20. The van der Waals surface area contributed by atoms with Crippen molar-refractivity contribution in [2.75, 3.05) is 5.32 Å². The van der Waals surface area contributed by atoms with Gasteiger partial charge in [-0.1, -0.05) is 6.07 Å². The lowest BCUT2D eigenvalue weighted by Gasteiger charge is -2.10. The van der Waals surface area contributed by atoms with Crippen LogP contribution >= 0.6 is 0 Å². The van der Waals surface area contributed by atoms with E-state index in [1.54, 1.807) is 12.1 Å². The Bertz CT molecular complexity index is 1140. The molecule has 0 atom stereocenters. The number of amides is 1. The third kappa shape index (κ3) is 5.02. The van der Waals surface area contributed by atoms with E-state index in [9.17, 15) is 21.6 Å². The zero-order valence-electron chi connectivity index (χ0n) is 15.5. The fourth-order valence-corrected chi connectivity index (χ4v) is 5.36. The van der Waals surface area contributed by atoms with E-state index in [0.29, 0.717) is 5.69 Å². The number of carbonyl (C=O) groups excluding carboxylic acids is 1. The van der Waals surface area contributed by atoms with Gasteiger partial charge in [0.05, 0.1) is 9.79 Å². The van der Waals surface area contributed by atoms with Crippen LogP contribution in [0.2, 0.25) is 0 Å². The molecule has 10 heteroatoms. The van der Waals surface area contributed by atoms with Crippen molar-refractivity contribution in [3.05, 3.63) is 54.1 Å². The van der Waals surface area contributed by atoms with Gasteiger partial charge >= 0.3 is 0 Å². The molecule has 154 valence electrons. The van der Waals surface area contributed by atoms with Crippen LogP contribution in [0.4, 0.5) is 5.69 Å². The molecule has 0 heterocycles. The molecule has 0 radical (unpaired) electrons. The van der Waals surface area contributed by atoms with Gasteiger partial charge in [0.1, 0.15) is 0 Å². The molecule has 2 aromatic rings. The number of sulfonamides is 2. The van der Waals surface area contributed by atoms with Crippen molar-refractivity contribution in [2.24, 2.45) is 0 Å². The molecule has 0 aromatic heterocycles. The van der Waals surface area contributed by atoms with Crippen molar-refractivity contribution in [1.82, 2.24) is 9.44 Å². The molecule has 2 fully saturated rings. The number of rotatable bonds is 8. The van der Waals surface area contributed by atoms with Gasteiger partial charge in [-0.3, -0.25) is 4.79 Å². The van der Waals surface area contributed by atoms with Crippen LogP contribution < -0.4 is 14.8 Å². The Kier molecular flexibility index (Phi) is 5.19. The lowest BCUT2D eigenvalue weighted by atomic mass is 10.2. The molecule has 2 saturated carbocycles. The number of carbonyl (C=O) groups is 1. The topological polar surface area (TPSA) is 121 Å². The van der Waals surface area contributed by atoms with Crippen LogP contribution in [-0.4, -0.2) is 34.8 Å². The summed E-state index contributed by atoms with van der Waals surface area (Å²) in [6, 6.07) is 11.6. The first-order valence-corrected chi connectivity index (χ1v) is 12.3. The van der Waals surface area contributed by atoms with Crippen LogP contribution in [0.1, 0.15) is 36.0 Å². The molecule has 1 amide bonds.